The molecule has 4 rings (SSSR count). The van der Waals surface area contributed by atoms with Gasteiger partial charge >= 0.3 is 0 Å². The quantitative estimate of drug-likeness (QED) is 0.0910. The number of halogens is 5. The van der Waals surface area contributed by atoms with Crippen LogP contribution in [0.15, 0.2) is 70.7 Å². The molecule has 13 heteroatoms. The molecule has 0 radical (unpaired) electrons. The summed E-state index contributed by atoms with van der Waals surface area (Å²) in [5, 5.41) is 3.08. The van der Waals surface area contributed by atoms with E-state index in [4.69, 9.17) is 66.5 Å². The van der Waals surface area contributed by atoms with Gasteiger partial charge in [0.2, 0.25) is 10.6 Å². The number of nitrogens with one attached hydrogen (secondary N) is 1. The molecule has 0 saturated heterocycles. The second kappa shape index (κ2) is 17.2. The van der Waals surface area contributed by atoms with Crippen molar-refractivity contribution in [3.8, 4) is 0 Å². The first-order valence-electron chi connectivity index (χ1n) is 12.1. The van der Waals surface area contributed by atoms with Crippen molar-refractivity contribution < 1.29 is 2.74 Å². The average molecular weight is 667 g/mol. The van der Waals surface area contributed by atoms with Gasteiger partial charge in [-0.1, -0.05) is 86.8 Å². The first-order valence-corrected chi connectivity index (χ1v) is 14.7. The highest BCUT2D eigenvalue weighted by molar-refractivity contribution is 8.00. The molecule has 0 aliphatic heterocycles. The van der Waals surface area contributed by atoms with Gasteiger partial charge in [0.25, 0.3) is 0 Å². The summed E-state index contributed by atoms with van der Waals surface area (Å²) < 4.78 is 15.7. The lowest BCUT2D eigenvalue weighted by molar-refractivity contribution is 1.11. The molecule has 0 fully saturated rings. The zero-order valence-corrected chi connectivity index (χ0v) is 26.8. The molecule has 208 valence electrons. The van der Waals surface area contributed by atoms with Crippen molar-refractivity contribution in [1.29, 1.82) is 0 Å². The third-order valence-corrected chi connectivity index (χ3v) is 7.36. The molecule has 0 saturated carbocycles. The number of thioether (sulfide) groups is 2. The van der Waals surface area contributed by atoms with Crippen LogP contribution in [0.2, 0.25) is 25.8 Å². The van der Waals surface area contributed by atoms with E-state index in [9.17, 15) is 0 Å². The highest BCUT2D eigenvalue weighted by Crippen LogP contribution is 2.33. The fourth-order valence-corrected chi connectivity index (χ4v) is 4.82. The smallest absolute Gasteiger partial charge is 0.224 e. The van der Waals surface area contributed by atoms with Crippen LogP contribution >= 0.6 is 81.5 Å². The largest absolute Gasteiger partial charge is 0.398 e. The van der Waals surface area contributed by atoms with Crippen molar-refractivity contribution in [2.45, 2.75) is 47.9 Å². The van der Waals surface area contributed by atoms with Gasteiger partial charge in [0.15, 0.2) is 11.0 Å². The Morgan fingerprint density at radius 1 is 0.744 bits per heavy atom. The number of para-hydroxylation sites is 2. The van der Waals surface area contributed by atoms with E-state index in [-0.39, 0.29) is 15.7 Å². The maximum atomic E-state index is 7.98. The summed E-state index contributed by atoms with van der Waals surface area (Å²) in [6.45, 7) is 7.38. The molecular weight excluding hydrogens is 638 g/mol. The number of benzene rings is 2. The second-order valence-corrected chi connectivity index (χ2v) is 12.6. The topological polar surface area (TPSA) is 89.6 Å². The maximum absolute atomic E-state index is 7.98. The summed E-state index contributed by atoms with van der Waals surface area (Å²) in [5.41, 5.74) is 7.30. The summed E-state index contributed by atoms with van der Waals surface area (Å²) in [7, 11) is 0. The first-order chi connectivity index (χ1) is 19.0. The summed E-state index contributed by atoms with van der Waals surface area (Å²) in [5.74, 6) is 0.447. The van der Waals surface area contributed by atoms with E-state index in [1.54, 1.807) is 0 Å². The van der Waals surface area contributed by atoms with Gasteiger partial charge in [-0.2, -0.15) is 4.98 Å². The van der Waals surface area contributed by atoms with Gasteiger partial charge in [-0.05, 0) is 47.5 Å². The molecule has 2 aromatic carbocycles. The Bertz CT molecular complexity index is 1440. The first kappa shape index (κ1) is 30.3. The predicted octanol–water partition coefficient (Wildman–Crippen LogP) is 10.2. The van der Waals surface area contributed by atoms with Gasteiger partial charge < -0.3 is 11.1 Å². The number of nitrogens with zero attached hydrogens (tertiary/aromatic N) is 4. The number of rotatable bonds is 6. The fourth-order valence-electron chi connectivity index (χ4n) is 2.56. The van der Waals surface area contributed by atoms with Crippen LogP contribution in [0, 0.1) is 0 Å². The fraction of sp³-hybridized carbons (Fsp3) is 0.231. The van der Waals surface area contributed by atoms with Gasteiger partial charge in [0.1, 0.15) is 5.02 Å². The summed E-state index contributed by atoms with van der Waals surface area (Å²) in [6.07, 6.45) is 2.79. The Morgan fingerprint density at radius 2 is 1.26 bits per heavy atom. The standard InChI is InChI=1S/C13H13Cl2N3S.C9H13NS.C4HCl3N2/c1-8(2)19-11-6-4-3-5-10(11)17-12-9(14)7-16-13(15)18-12;1-7(2)11-9-6-4-3-5-8(9)10;5-2-1-8-4(7)9-3(2)6/h3-8H,1-2H3,(H,16,17,18);3-7H,10H2,1-2H3;1H/i8D;7D;. The third kappa shape index (κ3) is 12.6. The molecule has 0 aliphatic carbocycles. The van der Waals surface area contributed by atoms with Crippen molar-refractivity contribution >= 4 is 98.7 Å². The van der Waals surface area contributed by atoms with E-state index in [0.29, 0.717) is 15.9 Å². The van der Waals surface area contributed by atoms with Crippen molar-refractivity contribution in [1.82, 2.24) is 19.9 Å². The highest BCUT2D eigenvalue weighted by atomic mass is 35.5. The van der Waals surface area contributed by atoms with E-state index < -0.39 is 10.5 Å². The number of nitrogen functional groups attached to an aromatic ring is 1. The van der Waals surface area contributed by atoms with Gasteiger partial charge in [-0.25, -0.2) is 15.0 Å². The number of aromatic nitrogens is 4. The van der Waals surface area contributed by atoms with Gasteiger partial charge in [0, 0.05) is 28.7 Å². The predicted molar refractivity (Wildman–Crippen MR) is 172 cm³/mol. The van der Waals surface area contributed by atoms with Crippen LogP contribution in [0.25, 0.3) is 0 Å². The number of nitrogens with two attached hydrogens (primary N) is 1. The van der Waals surface area contributed by atoms with Crippen LogP contribution in [0.4, 0.5) is 17.2 Å². The summed E-state index contributed by atoms with van der Waals surface area (Å²) in [6, 6.07) is 15.3. The van der Waals surface area contributed by atoms with Gasteiger partial charge in [0.05, 0.1) is 23.1 Å². The zero-order valence-electron chi connectivity index (χ0n) is 23.3. The molecular formula is C26H27Cl5N6S2. The SMILES string of the molecule is Clc1ncc(Cl)c(Cl)n1.[2H]C(C)(C)Sc1ccccc1N.[2H]C(C)(C)Sc1ccccc1Nc1nc(Cl)ncc1Cl. The van der Waals surface area contributed by atoms with E-state index in [2.05, 4.69) is 25.3 Å². The summed E-state index contributed by atoms with van der Waals surface area (Å²) >= 11 is 31.0. The van der Waals surface area contributed by atoms with Crippen LogP contribution in [0.5, 0.6) is 0 Å². The molecule has 2 aromatic heterocycles. The molecule has 0 bridgehead atoms. The monoisotopic (exact) mass is 664 g/mol. The molecule has 0 atom stereocenters. The number of anilines is 3. The minimum absolute atomic E-state index is 0.101. The van der Waals surface area contributed by atoms with Gasteiger partial charge in [-0.15, -0.1) is 23.5 Å². The van der Waals surface area contributed by atoms with Crippen LogP contribution in [-0.2, 0) is 0 Å². The molecule has 2 heterocycles. The lowest BCUT2D eigenvalue weighted by Crippen LogP contribution is -1.98. The maximum Gasteiger partial charge on any atom is 0.224 e. The Balaban J connectivity index is 0.000000237. The highest BCUT2D eigenvalue weighted by Gasteiger charge is 2.09. The van der Waals surface area contributed by atoms with Crippen molar-refractivity contribution in [2.24, 2.45) is 0 Å². The van der Waals surface area contributed by atoms with Crippen molar-refractivity contribution in [3.05, 3.63) is 86.7 Å². The molecule has 0 aliphatic rings. The van der Waals surface area contributed by atoms with E-state index >= 15 is 0 Å². The Morgan fingerprint density at radius 3 is 1.82 bits per heavy atom. The minimum atomic E-state index is -0.634. The molecule has 0 spiro atoms. The average Bonchev–Trinajstić information content (AvgIpc) is 2.86. The third-order valence-electron chi connectivity index (χ3n) is 4.07. The minimum Gasteiger partial charge on any atom is -0.398 e. The second-order valence-electron chi connectivity index (χ2n) is 7.79. The van der Waals surface area contributed by atoms with E-state index in [1.807, 2.05) is 76.2 Å². The molecule has 4 aromatic rings. The van der Waals surface area contributed by atoms with Crippen LogP contribution < -0.4 is 11.1 Å². The summed E-state index contributed by atoms with van der Waals surface area (Å²) in [4.78, 5) is 16.9. The van der Waals surface area contributed by atoms with Gasteiger partial charge in [-0.3, -0.25) is 0 Å². The molecule has 39 heavy (non-hydrogen) atoms. The zero-order chi connectivity index (χ0) is 30.8. The van der Waals surface area contributed by atoms with E-state index in [1.165, 1.54) is 35.9 Å². The number of hydrogen-bond acceptors (Lipinski definition) is 8. The van der Waals surface area contributed by atoms with E-state index in [0.717, 1.165) is 21.2 Å². The Labute approximate surface area is 265 Å². The molecule has 0 amide bonds. The lowest BCUT2D eigenvalue weighted by atomic mass is 10.3. The normalized spacial score (nSPS) is 11.7. The molecule has 3 N–H and O–H groups in total. The Hall–Kier alpha value is -1.65. The number of hydrogen-bond donors (Lipinski definition) is 2. The van der Waals surface area contributed by atoms with Crippen LogP contribution in [-0.4, -0.2) is 30.4 Å². The lowest BCUT2D eigenvalue weighted by Gasteiger charge is -2.13. The molecule has 6 nitrogen and oxygen atoms in total. The van der Waals surface area contributed by atoms with Crippen LogP contribution in [0.1, 0.15) is 30.4 Å². The molecule has 0 unspecified atom stereocenters. The Kier molecular flexibility index (Phi) is 13.4. The van der Waals surface area contributed by atoms with Crippen LogP contribution in [0.3, 0.4) is 0 Å². The van der Waals surface area contributed by atoms with Crippen molar-refractivity contribution in [3.63, 3.8) is 0 Å². The van der Waals surface area contributed by atoms with Crippen molar-refractivity contribution in [2.75, 3.05) is 11.1 Å².